The highest BCUT2D eigenvalue weighted by Gasteiger charge is 2.19. The zero-order chi connectivity index (χ0) is 20.2. The van der Waals surface area contributed by atoms with Gasteiger partial charge in [-0.15, -0.1) is 0 Å². The SMILES string of the molecule is COC/N=C(\C)c1cnc2c(N3CCOCC3)nc(-c3cccc(O)c3)nc2c1. The average Bonchev–Trinajstić information content (AvgIpc) is 2.77. The summed E-state index contributed by atoms with van der Waals surface area (Å²) >= 11 is 0. The highest BCUT2D eigenvalue weighted by atomic mass is 16.5. The standard InChI is InChI=1S/C21H23N5O3/c1-14(23-13-28-2)16-11-18-19(22-12-16)21(26-6-8-29-9-7-26)25-20(24-18)15-4-3-5-17(27)10-15/h3-5,10-12,27H,6-9,13H2,1-2H3/b23-14+. The van der Waals surface area contributed by atoms with Crippen LogP contribution in [0.25, 0.3) is 22.4 Å². The largest absolute Gasteiger partial charge is 0.508 e. The number of rotatable bonds is 5. The molecule has 8 heteroatoms. The first-order valence-electron chi connectivity index (χ1n) is 9.46. The smallest absolute Gasteiger partial charge is 0.162 e. The number of aliphatic imine (C=N–C) groups is 1. The Morgan fingerprint density at radius 2 is 2.07 bits per heavy atom. The summed E-state index contributed by atoms with van der Waals surface area (Å²) in [6.07, 6.45) is 1.79. The molecule has 0 amide bonds. The molecule has 0 radical (unpaired) electrons. The summed E-state index contributed by atoms with van der Waals surface area (Å²) < 4.78 is 10.5. The molecule has 0 bridgehead atoms. The number of anilines is 1. The molecule has 1 aliphatic heterocycles. The van der Waals surface area contributed by atoms with Crippen LogP contribution in [-0.2, 0) is 9.47 Å². The topological polar surface area (TPSA) is 93.0 Å². The number of aromatic nitrogens is 3. The molecule has 0 aliphatic carbocycles. The third-order valence-electron chi connectivity index (χ3n) is 4.78. The van der Waals surface area contributed by atoms with Gasteiger partial charge >= 0.3 is 0 Å². The van der Waals surface area contributed by atoms with E-state index in [1.165, 1.54) is 0 Å². The van der Waals surface area contributed by atoms with Gasteiger partial charge < -0.3 is 19.5 Å². The van der Waals surface area contributed by atoms with Crippen LogP contribution in [0.15, 0.2) is 41.5 Å². The van der Waals surface area contributed by atoms with Gasteiger partial charge in [-0.05, 0) is 25.1 Å². The second-order valence-corrected chi connectivity index (χ2v) is 6.77. The minimum atomic E-state index is 0.175. The number of nitrogens with zero attached hydrogens (tertiary/aromatic N) is 5. The van der Waals surface area contributed by atoms with Crippen LogP contribution in [0, 0.1) is 0 Å². The molecule has 1 aromatic carbocycles. The predicted octanol–water partition coefficient (Wildman–Crippen LogP) is 2.65. The van der Waals surface area contributed by atoms with Crippen LogP contribution in [0.4, 0.5) is 5.82 Å². The quantitative estimate of drug-likeness (QED) is 0.666. The van der Waals surface area contributed by atoms with Gasteiger partial charge in [-0.25, -0.2) is 15.0 Å². The van der Waals surface area contributed by atoms with E-state index in [-0.39, 0.29) is 5.75 Å². The predicted molar refractivity (Wildman–Crippen MR) is 112 cm³/mol. The molecule has 2 aromatic heterocycles. The molecule has 1 aliphatic rings. The summed E-state index contributed by atoms with van der Waals surface area (Å²) in [5.41, 5.74) is 3.91. The molecule has 1 N–H and O–H groups in total. The zero-order valence-corrected chi connectivity index (χ0v) is 16.5. The summed E-state index contributed by atoms with van der Waals surface area (Å²) in [6, 6.07) is 8.92. The first-order valence-corrected chi connectivity index (χ1v) is 9.46. The summed E-state index contributed by atoms with van der Waals surface area (Å²) in [5, 5.41) is 9.88. The Morgan fingerprint density at radius 1 is 1.24 bits per heavy atom. The van der Waals surface area contributed by atoms with Crippen molar-refractivity contribution < 1.29 is 14.6 Å². The molecule has 3 aromatic rings. The minimum Gasteiger partial charge on any atom is -0.508 e. The summed E-state index contributed by atoms with van der Waals surface area (Å²) in [5.74, 6) is 1.49. The Morgan fingerprint density at radius 3 is 2.83 bits per heavy atom. The van der Waals surface area contributed by atoms with Crippen molar-refractivity contribution in [3.63, 3.8) is 0 Å². The lowest BCUT2D eigenvalue weighted by Gasteiger charge is -2.28. The Bertz CT molecular complexity index is 1050. The molecule has 150 valence electrons. The Hall–Kier alpha value is -3.10. The molecule has 0 spiro atoms. The first-order chi connectivity index (χ1) is 14.2. The highest BCUT2D eigenvalue weighted by Crippen LogP contribution is 2.28. The fraction of sp³-hybridized carbons (Fsp3) is 0.333. The van der Waals surface area contributed by atoms with E-state index >= 15 is 0 Å². The first kappa shape index (κ1) is 19.2. The highest BCUT2D eigenvalue weighted by molar-refractivity contribution is 6.01. The molecule has 1 fully saturated rings. The number of pyridine rings is 1. The zero-order valence-electron chi connectivity index (χ0n) is 16.5. The van der Waals surface area contributed by atoms with Crippen molar-refractivity contribution >= 4 is 22.6 Å². The molecule has 0 atom stereocenters. The van der Waals surface area contributed by atoms with Gasteiger partial charge in [0.05, 0.1) is 18.7 Å². The molecule has 1 saturated heterocycles. The van der Waals surface area contributed by atoms with E-state index in [1.807, 2.05) is 19.1 Å². The third-order valence-corrected chi connectivity index (χ3v) is 4.78. The van der Waals surface area contributed by atoms with E-state index in [1.54, 1.807) is 31.5 Å². The van der Waals surface area contributed by atoms with Crippen LogP contribution >= 0.6 is 0 Å². The van der Waals surface area contributed by atoms with E-state index < -0.39 is 0 Å². The van der Waals surface area contributed by atoms with Crippen molar-refractivity contribution in [1.29, 1.82) is 0 Å². The number of hydrogen-bond acceptors (Lipinski definition) is 8. The summed E-state index contributed by atoms with van der Waals surface area (Å²) in [7, 11) is 1.61. The third kappa shape index (κ3) is 4.18. The number of phenols is 1. The van der Waals surface area contributed by atoms with Crippen LogP contribution in [0.2, 0.25) is 0 Å². The number of aromatic hydroxyl groups is 1. The van der Waals surface area contributed by atoms with Gasteiger partial charge in [0.2, 0.25) is 0 Å². The maximum Gasteiger partial charge on any atom is 0.162 e. The molecule has 29 heavy (non-hydrogen) atoms. The Balaban J connectivity index is 1.87. The van der Waals surface area contributed by atoms with E-state index in [2.05, 4.69) is 14.9 Å². The lowest BCUT2D eigenvalue weighted by atomic mass is 10.1. The van der Waals surface area contributed by atoms with Crippen LogP contribution in [0.3, 0.4) is 0 Å². The minimum absolute atomic E-state index is 0.175. The molecule has 3 heterocycles. The number of phenolic OH excluding ortho intramolecular Hbond substituents is 1. The monoisotopic (exact) mass is 393 g/mol. The molecular weight excluding hydrogens is 370 g/mol. The molecule has 8 nitrogen and oxygen atoms in total. The van der Waals surface area contributed by atoms with Crippen LogP contribution in [0.1, 0.15) is 12.5 Å². The molecule has 0 saturated carbocycles. The second-order valence-electron chi connectivity index (χ2n) is 6.77. The maximum absolute atomic E-state index is 9.88. The fourth-order valence-corrected chi connectivity index (χ4v) is 3.22. The number of hydrogen-bond donors (Lipinski definition) is 1. The number of fused-ring (bicyclic) bond motifs is 1. The fourth-order valence-electron chi connectivity index (χ4n) is 3.22. The van der Waals surface area contributed by atoms with E-state index in [9.17, 15) is 5.11 Å². The van der Waals surface area contributed by atoms with Gasteiger partial charge in [0.25, 0.3) is 0 Å². The van der Waals surface area contributed by atoms with Crippen molar-refractivity contribution in [2.45, 2.75) is 6.92 Å². The van der Waals surface area contributed by atoms with E-state index in [0.29, 0.717) is 25.8 Å². The van der Waals surface area contributed by atoms with Gasteiger partial charge in [-0.1, -0.05) is 12.1 Å². The van der Waals surface area contributed by atoms with Crippen LogP contribution in [-0.4, -0.2) is 65.9 Å². The van der Waals surface area contributed by atoms with Gasteiger partial charge in [0.15, 0.2) is 11.6 Å². The van der Waals surface area contributed by atoms with E-state index in [4.69, 9.17) is 19.4 Å². The van der Waals surface area contributed by atoms with Crippen molar-refractivity contribution in [1.82, 2.24) is 15.0 Å². The van der Waals surface area contributed by atoms with Gasteiger partial charge in [0.1, 0.15) is 18.0 Å². The Kier molecular flexibility index (Phi) is 5.64. The van der Waals surface area contributed by atoms with Crippen molar-refractivity contribution in [3.8, 4) is 17.1 Å². The normalized spacial score (nSPS) is 15.1. The van der Waals surface area contributed by atoms with Crippen LogP contribution < -0.4 is 4.90 Å². The molecular formula is C21H23N5O3. The number of methoxy groups -OCH3 is 1. The van der Waals surface area contributed by atoms with E-state index in [0.717, 1.165) is 46.8 Å². The van der Waals surface area contributed by atoms with Gasteiger partial charge in [-0.3, -0.25) is 4.99 Å². The van der Waals surface area contributed by atoms with Gasteiger partial charge in [-0.2, -0.15) is 0 Å². The second kappa shape index (κ2) is 8.50. The van der Waals surface area contributed by atoms with Gasteiger partial charge in [0, 0.05) is 43.2 Å². The van der Waals surface area contributed by atoms with Crippen molar-refractivity contribution in [2.75, 3.05) is 45.0 Å². The van der Waals surface area contributed by atoms with Crippen molar-refractivity contribution in [3.05, 3.63) is 42.1 Å². The number of morpholine rings is 1. The molecule has 0 unspecified atom stereocenters. The maximum atomic E-state index is 9.88. The molecule has 4 rings (SSSR count). The van der Waals surface area contributed by atoms with Crippen molar-refractivity contribution in [2.24, 2.45) is 4.99 Å². The summed E-state index contributed by atoms with van der Waals surface area (Å²) in [6.45, 7) is 4.98. The average molecular weight is 393 g/mol. The number of benzene rings is 1. The Labute approximate surface area is 168 Å². The lowest BCUT2D eigenvalue weighted by Crippen LogP contribution is -2.37. The lowest BCUT2D eigenvalue weighted by molar-refractivity contribution is 0.122. The summed E-state index contributed by atoms with van der Waals surface area (Å²) in [4.78, 5) is 20.7. The number of ether oxygens (including phenoxy) is 2. The van der Waals surface area contributed by atoms with Crippen LogP contribution in [0.5, 0.6) is 5.75 Å².